The molecule has 5 heteroatoms. The van der Waals surface area contributed by atoms with Crippen molar-refractivity contribution in [2.75, 3.05) is 6.16 Å². The molecule has 1 nitrogen and oxygen atoms in total. The minimum atomic E-state index is -0.766. The molecule has 1 aromatic rings. The van der Waals surface area contributed by atoms with Crippen LogP contribution in [0.1, 0.15) is 12.5 Å². The first kappa shape index (κ1) is 15.6. The van der Waals surface area contributed by atoms with Crippen LogP contribution in [0, 0.1) is 11.6 Å². The Morgan fingerprint density at radius 3 is 2.48 bits per heavy atom. The van der Waals surface area contributed by atoms with E-state index >= 15 is 0 Å². The molecule has 1 aliphatic heterocycles. The zero-order chi connectivity index (χ0) is 15.4. The normalized spacial score (nSPS) is 17.7. The van der Waals surface area contributed by atoms with Crippen LogP contribution in [0.3, 0.4) is 0 Å². The Kier molecular flexibility index (Phi) is 5.03. The van der Waals surface area contributed by atoms with Gasteiger partial charge in [0.1, 0.15) is 11.6 Å². The van der Waals surface area contributed by atoms with Crippen LogP contribution in [0.5, 0.6) is 0 Å². The van der Waals surface area contributed by atoms with E-state index in [9.17, 15) is 13.2 Å². The van der Waals surface area contributed by atoms with Gasteiger partial charge in [0.2, 0.25) is 0 Å². The van der Waals surface area contributed by atoms with Crippen molar-refractivity contribution < 1.29 is 13.2 Å². The molecule has 1 aromatic carbocycles. The molecule has 1 unspecified atom stereocenters. The van der Waals surface area contributed by atoms with E-state index in [1.165, 1.54) is 19.1 Å². The van der Waals surface area contributed by atoms with Gasteiger partial charge in [0.15, 0.2) is 0 Å². The molecule has 1 atom stereocenters. The average Bonchev–Trinajstić information content (AvgIpc) is 2.45. The molecule has 0 spiro atoms. The van der Waals surface area contributed by atoms with E-state index in [1.807, 2.05) is 11.9 Å². The van der Waals surface area contributed by atoms with Crippen LogP contribution in [0.15, 0.2) is 59.2 Å². The minimum absolute atomic E-state index is 0.106. The number of halogens is 3. The molecule has 0 aromatic heterocycles. The van der Waals surface area contributed by atoms with Gasteiger partial charge in [0.05, 0.1) is 17.1 Å². The summed E-state index contributed by atoms with van der Waals surface area (Å²) in [6.45, 7) is 1.26. The maximum absolute atomic E-state index is 13.9. The maximum Gasteiger partial charge on any atom is 0.135 e. The van der Waals surface area contributed by atoms with Crippen LogP contribution in [0.4, 0.5) is 13.2 Å². The molecule has 0 saturated carbocycles. The average molecular weight is 309 g/mol. The van der Waals surface area contributed by atoms with Crippen molar-refractivity contribution in [3.05, 3.63) is 76.4 Å². The molecule has 2 rings (SSSR count). The number of hydrogen-bond donors (Lipinski definition) is 1. The first-order chi connectivity index (χ1) is 10.0. The second kappa shape index (κ2) is 6.77. The number of hydrogen-bond acceptors (Lipinski definition) is 1. The summed E-state index contributed by atoms with van der Waals surface area (Å²) in [5, 5.41) is 0. The van der Waals surface area contributed by atoms with Crippen molar-refractivity contribution in [1.82, 2.24) is 0 Å². The second-order valence-corrected chi connectivity index (χ2v) is 5.67. The Balaban J connectivity index is 2.65. The highest BCUT2D eigenvalue weighted by molar-refractivity contribution is 7.42. The van der Waals surface area contributed by atoms with E-state index in [-0.39, 0.29) is 11.3 Å². The van der Waals surface area contributed by atoms with Gasteiger partial charge in [-0.05, 0) is 36.9 Å². The lowest BCUT2D eigenvalue weighted by Crippen LogP contribution is -2.07. The lowest BCUT2D eigenvalue weighted by atomic mass is 9.99. The summed E-state index contributed by atoms with van der Waals surface area (Å²) >= 11 is 0. The van der Waals surface area contributed by atoms with Crippen LogP contribution in [0.2, 0.25) is 0 Å². The topological polar surface area (TPSA) is 26.0 Å². The SMILES string of the molecule is C/C(F)=C\C(C1=CPCC=C1)=C(/N)c1c(F)cccc1F. The highest BCUT2D eigenvalue weighted by Gasteiger charge is 2.16. The summed E-state index contributed by atoms with van der Waals surface area (Å²) in [6.07, 6.45) is 5.83. The van der Waals surface area contributed by atoms with Gasteiger partial charge in [-0.25, -0.2) is 13.2 Å². The lowest BCUT2D eigenvalue weighted by molar-refractivity contribution is 0.576. The van der Waals surface area contributed by atoms with Gasteiger partial charge in [0, 0.05) is 5.57 Å². The van der Waals surface area contributed by atoms with Crippen LogP contribution >= 0.6 is 8.58 Å². The van der Waals surface area contributed by atoms with Crippen molar-refractivity contribution in [3.63, 3.8) is 0 Å². The molecule has 0 fully saturated rings. The molecule has 1 aliphatic rings. The van der Waals surface area contributed by atoms with Crippen molar-refractivity contribution in [2.24, 2.45) is 5.73 Å². The summed E-state index contributed by atoms with van der Waals surface area (Å²) in [6, 6.07) is 3.52. The van der Waals surface area contributed by atoms with E-state index in [1.54, 1.807) is 6.08 Å². The Morgan fingerprint density at radius 1 is 1.29 bits per heavy atom. The van der Waals surface area contributed by atoms with Crippen molar-refractivity contribution in [1.29, 1.82) is 0 Å². The largest absolute Gasteiger partial charge is 0.398 e. The van der Waals surface area contributed by atoms with Gasteiger partial charge in [-0.2, -0.15) is 0 Å². The smallest absolute Gasteiger partial charge is 0.135 e. The lowest BCUT2D eigenvalue weighted by Gasteiger charge is -2.14. The predicted molar refractivity (Wildman–Crippen MR) is 82.7 cm³/mol. The van der Waals surface area contributed by atoms with Crippen molar-refractivity contribution in [2.45, 2.75) is 6.92 Å². The third kappa shape index (κ3) is 3.64. The fourth-order valence-electron chi connectivity index (χ4n) is 2.04. The number of allylic oxidation sites excluding steroid dienone is 6. The predicted octanol–water partition coefficient (Wildman–Crippen LogP) is 4.64. The molecule has 0 saturated heterocycles. The zero-order valence-electron chi connectivity index (χ0n) is 11.5. The Morgan fingerprint density at radius 2 is 1.95 bits per heavy atom. The molecular weight excluding hydrogens is 294 g/mol. The van der Waals surface area contributed by atoms with Gasteiger partial charge in [-0.15, -0.1) is 0 Å². The summed E-state index contributed by atoms with van der Waals surface area (Å²) in [5.41, 5.74) is 6.48. The first-order valence-corrected chi connectivity index (χ1v) is 7.67. The van der Waals surface area contributed by atoms with Crippen LogP contribution in [0.25, 0.3) is 5.70 Å². The number of nitrogens with two attached hydrogens (primary N) is 1. The van der Waals surface area contributed by atoms with Gasteiger partial charge in [-0.3, -0.25) is 0 Å². The summed E-state index contributed by atoms with van der Waals surface area (Å²) in [7, 11) is 0.539. The van der Waals surface area contributed by atoms with Crippen LogP contribution in [-0.2, 0) is 0 Å². The highest BCUT2D eigenvalue weighted by atomic mass is 31.1. The second-order valence-electron chi connectivity index (χ2n) is 4.57. The van der Waals surface area contributed by atoms with E-state index in [0.29, 0.717) is 19.7 Å². The third-order valence-electron chi connectivity index (χ3n) is 2.97. The molecule has 1 heterocycles. The molecule has 0 radical (unpaired) electrons. The minimum Gasteiger partial charge on any atom is -0.398 e. The standard InChI is InChI=1S/C16H15F3NP/c1-10(17)8-12(11-4-3-7-21-9-11)16(20)15-13(18)5-2-6-14(15)19/h2-6,8-9,21H,7,20H2,1H3/b10-8+,16-12+. The van der Waals surface area contributed by atoms with Gasteiger partial charge >= 0.3 is 0 Å². The summed E-state index contributed by atoms with van der Waals surface area (Å²) < 4.78 is 41.0. The molecule has 21 heavy (non-hydrogen) atoms. The first-order valence-electron chi connectivity index (χ1n) is 6.39. The fourth-order valence-corrected chi connectivity index (χ4v) is 2.89. The van der Waals surface area contributed by atoms with E-state index in [0.717, 1.165) is 18.3 Å². The van der Waals surface area contributed by atoms with Crippen molar-refractivity contribution in [3.8, 4) is 0 Å². The molecule has 0 aliphatic carbocycles. The van der Waals surface area contributed by atoms with Gasteiger partial charge in [0.25, 0.3) is 0 Å². The Hall–Kier alpha value is -1.80. The van der Waals surface area contributed by atoms with E-state index in [4.69, 9.17) is 5.73 Å². The van der Waals surface area contributed by atoms with Crippen LogP contribution in [-0.4, -0.2) is 6.16 Å². The zero-order valence-corrected chi connectivity index (χ0v) is 12.5. The van der Waals surface area contributed by atoms with E-state index < -0.39 is 17.5 Å². The molecule has 110 valence electrons. The number of rotatable bonds is 3. The quantitative estimate of drug-likeness (QED) is 0.639. The molecule has 0 bridgehead atoms. The molecule has 0 amide bonds. The molecule has 2 N–H and O–H groups in total. The monoisotopic (exact) mass is 309 g/mol. The highest BCUT2D eigenvalue weighted by Crippen LogP contribution is 2.31. The van der Waals surface area contributed by atoms with Crippen LogP contribution < -0.4 is 5.73 Å². The Bertz CT molecular complexity index is 648. The van der Waals surface area contributed by atoms with E-state index in [2.05, 4.69) is 0 Å². The third-order valence-corrected chi connectivity index (χ3v) is 3.95. The Labute approximate surface area is 123 Å². The van der Waals surface area contributed by atoms with Crippen molar-refractivity contribution >= 4 is 14.3 Å². The summed E-state index contributed by atoms with van der Waals surface area (Å²) in [4.78, 5) is 0. The fraction of sp³-hybridized carbons (Fsp3) is 0.125. The van der Waals surface area contributed by atoms with Gasteiger partial charge in [-0.1, -0.05) is 32.6 Å². The number of benzene rings is 1. The summed E-state index contributed by atoms with van der Waals surface area (Å²) in [5.74, 6) is -0.108. The maximum atomic E-state index is 13.9. The van der Waals surface area contributed by atoms with Gasteiger partial charge < -0.3 is 5.73 Å². The molecular formula is C16H15F3NP.